The molecule has 0 aliphatic heterocycles. The highest BCUT2D eigenvalue weighted by atomic mass is 32.2. The highest BCUT2D eigenvalue weighted by Gasteiger charge is 2.06. The third-order valence-electron chi connectivity index (χ3n) is 1.21. The van der Waals surface area contributed by atoms with Crippen LogP contribution in [0.5, 0.6) is 0 Å². The van der Waals surface area contributed by atoms with Crippen molar-refractivity contribution >= 4 is 15.8 Å². The molecule has 0 spiro atoms. The topological polar surface area (TPSA) is 82.8 Å². The van der Waals surface area contributed by atoms with E-state index in [0.717, 1.165) is 6.26 Å². The number of nitrogens with zero attached hydrogens (tertiary/aromatic N) is 2. The molecule has 68 valence electrons. The Bertz CT molecular complexity index is 447. The zero-order chi connectivity index (χ0) is 9.90. The molecule has 0 aromatic carbocycles. The van der Waals surface area contributed by atoms with Gasteiger partial charge in [-0.25, -0.2) is 13.4 Å². The number of hydrogen-bond donors (Lipinski definition) is 1. The second kappa shape index (κ2) is 3.41. The zero-order valence-electron chi connectivity index (χ0n) is 6.85. The second-order valence-corrected chi connectivity index (χ2v) is 4.13. The van der Waals surface area contributed by atoms with Gasteiger partial charge in [0, 0.05) is 6.20 Å². The van der Waals surface area contributed by atoms with E-state index in [1.165, 1.54) is 12.3 Å². The van der Waals surface area contributed by atoms with Crippen LogP contribution < -0.4 is 4.72 Å². The minimum absolute atomic E-state index is 0.0625. The van der Waals surface area contributed by atoms with Crippen molar-refractivity contribution in [3.63, 3.8) is 0 Å². The van der Waals surface area contributed by atoms with E-state index in [-0.39, 0.29) is 11.4 Å². The zero-order valence-corrected chi connectivity index (χ0v) is 7.67. The molecule has 0 amide bonds. The van der Waals surface area contributed by atoms with Crippen LogP contribution in [-0.4, -0.2) is 19.7 Å². The quantitative estimate of drug-likeness (QED) is 0.740. The molecule has 0 unspecified atom stereocenters. The molecule has 0 atom stereocenters. The molecule has 0 radical (unpaired) electrons. The summed E-state index contributed by atoms with van der Waals surface area (Å²) in [6, 6.07) is 4.88. The van der Waals surface area contributed by atoms with E-state index < -0.39 is 10.0 Å². The highest BCUT2D eigenvalue weighted by Crippen LogP contribution is 2.10. The second-order valence-electron chi connectivity index (χ2n) is 2.39. The maximum absolute atomic E-state index is 10.8. The number of nitrogens with one attached hydrogen (secondary N) is 1. The molecule has 0 aliphatic carbocycles. The van der Waals surface area contributed by atoms with E-state index in [1.807, 2.05) is 6.07 Å². The largest absolute Gasteiger partial charge is 0.266 e. The highest BCUT2D eigenvalue weighted by molar-refractivity contribution is 7.92. The molecule has 1 aromatic rings. The van der Waals surface area contributed by atoms with Gasteiger partial charge in [-0.05, 0) is 12.1 Å². The Labute approximate surface area is 76.1 Å². The molecule has 0 aliphatic rings. The van der Waals surface area contributed by atoms with Gasteiger partial charge in [0.15, 0.2) is 5.82 Å². The molecule has 0 saturated carbocycles. The van der Waals surface area contributed by atoms with Crippen molar-refractivity contribution in [2.45, 2.75) is 0 Å². The van der Waals surface area contributed by atoms with Crippen molar-refractivity contribution in [1.29, 1.82) is 5.26 Å². The normalized spacial score (nSPS) is 10.5. The van der Waals surface area contributed by atoms with Crippen molar-refractivity contribution in [2.75, 3.05) is 11.0 Å². The van der Waals surface area contributed by atoms with Crippen LogP contribution in [0.3, 0.4) is 0 Å². The number of sulfonamides is 1. The number of rotatable bonds is 2. The minimum Gasteiger partial charge on any atom is -0.266 e. The van der Waals surface area contributed by atoms with E-state index >= 15 is 0 Å². The van der Waals surface area contributed by atoms with Gasteiger partial charge in [0.05, 0.1) is 11.8 Å². The first-order valence-electron chi connectivity index (χ1n) is 3.36. The van der Waals surface area contributed by atoms with Gasteiger partial charge in [0.1, 0.15) is 6.07 Å². The van der Waals surface area contributed by atoms with E-state index in [4.69, 9.17) is 5.26 Å². The Morgan fingerprint density at radius 2 is 2.31 bits per heavy atom. The summed E-state index contributed by atoms with van der Waals surface area (Å²) in [5.74, 6) is 0.0625. The van der Waals surface area contributed by atoms with Gasteiger partial charge in [-0.15, -0.1) is 0 Å². The number of pyridine rings is 1. The molecule has 0 fully saturated rings. The molecule has 13 heavy (non-hydrogen) atoms. The maximum Gasteiger partial charge on any atom is 0.231 e. The lowest BCUT2D eigenvalue weighted by molar-refractivity contribution is 0.606. The van der Waals surface area contributed by atoms with E-state index in [0.29, 0.717) is 0 Å². The number of aromatic nitrogens is 1. The lowest BCUT2D eigenvalue weighted by Gasteiger charge is -2.02. The van der Waals surface area contributed by atoms with Gasteiger partial charge >= 0.3 is 0 Å². The third-order valence-corrected chi connectivity index (χ3v) is 1.77. The molecule has 1 aromatic heterocycles. The summed E-state index contributed by atoms with van der Waals surface area (Å²) in [6.45, 7) is 0. The molecule has 1 rings (SSSR count). The first kappa shape index (κ1) is 9.48. The molecule has 1 heterocycles. The fraction of sp³-hybridized carbons (Fsp3) is 0.143. The fourth-order valence-corrected chi connectivity index (χ4v) is 1.27. The van der Waals surface area contributed by atoms with Crippen molar-refractivity contribution in [1.82, 2.24) is 4.98 Å². The number of anilines is 1. The molecule has 0 bridgehead atoms. The Hall–Kier alpha value is -1.61. The monoisotopic (exact) mass is 197 g/mol. The van der Waals surface area contributed by atoms with Crippen LogP contribution in [0.4, 0.5) is 5.82 Å². The van der Waals surface area contributed by atoms with Gasteiger partial charge in [-0.3, -0.25) is 4.72 Å². The predicted molar refractivity (Wildman–Crippen MR) is 47.4 cm³/mol. The van der Waals surface area contributed by atoms with Crippen LogP contribution in [0, 0.1) is 11.3 Å². The summed E-state index contributed by atoms with van der Waals surface area (Å²) >= 11 is 0. The smallest absolute Gasteiger partial charge is 0.231 e. The Morgan fingerprint density at radius 1 is 1.62 bits per heavy atom. The molecule has 1 N–H and O–H groups in total. The number of hydrogen-bond acceptors (Lipinski definition) is 4. The molecular formula is C7H7N3O2S. The summed E-state index contributed by atoms with van der Waals surface area (Å²) in [5, 5.41) is 8.59. The van der Waals surface area contributed by atoms with Crippen LogP contribution in [-0.2, 0) is 10.0 Å². The molecule has 0 saturated heterocycles. The summed E-state index contributed by atoms with van der Waals surface area (Å²) in [7, 11) is -3.37. The maximum atomic E-state index is 10.8. The first-order valence-corrected chi connectivity index (χ1v) is 5.25. The molecular weight excluding hydrogens is 190 g/mol. The van der Waals surface area contributed by atoms with Crippen LogP contribution >= 0.6 is 0 Å². The average Bonchev–Trinajstić information content (AvgIpc) is 2.02. The minimum atomic E-state index is -3.37. The van der Waals surface area contributed by atoms with Crippen molar-refractivity contribution in [2.24, 2.45) is 0 Å². The summed E-state index contributed by atoms with van der Waals surface area (Å²) in [5.41, 5.74) is 0.202. The van der Waals surface area contributed by atoms with E-state index in [9.17, 15) is 8.42 Å². The van der Waals surface area contributed by atoms with Crippen LogP contribution in [0.1, 0.15) is 5.56 Å². The SMILES string of the molecule is CS(=O)(=O)Nc1ncccc1C#N. The lowest BCUT2D eigenvalue weighted by atomic mass is 10.3. The van der Waals surface area contributed by atoms with Gasteiger partial charge < -0.3 is 0 Å². The van der Waals surface area contributed by atoms with Crippen molar-refractivity contribution in [3.8, 4) is 6.07 Å². The van der Waals surface area contributed by atoms with Crippen LogP contribution in [0.15, 0.2) is 18.3 Å². The van der Waals surface area contributed by atoms with Crippen LogP contribution in [0.25, 0.3) is 0 Å². The summed E-state index contributed by atoms with van der Waals surface area (Å²) < 4.78 is 23.8. The molecule has 6 heteroatoms. The Kier molecular flexibility index (Phi) is 2.49. The lowest BCUT2D eigenvalue weighted by Crippen LogP contribution is -2.11. The standard InChI is InChI=1S/C7H7N3O2S/c1-13(11,12)10-7-6(5-8)3-2-4-9-7/h2-4H,1H3,(H,9,10). The van der Waals surface area contributed by atoms with Gasteiger partial charge in [-0.1, -0.05) is 0 Å². The Balaban J connectivity index is 3.10. The van der Waals surface area contributed by atoms with Crippen molar-refractivity contribution < 1.29 is 8.42 Å². The van der Waals surface area contributed by atoms with Crippen molar-refractivity contribution in [3.05, 3.63) is 23.9 Å². The predicted octanol–water partition coefficient (Wildman–Crippen LogP) is 0.325. The van der Waals surface area contributed by atoms with Crippen LogP contribution in [0.2, 0.25) is 0 Å². The fourth-order valence-electron chi connectivity index (χ4n) is 0.752. The summed E-state index contributed by atoms with van der Waals surface area (Å²) in [4.78, 5) is 3.72. The van der Waals surface area contributed by atoms with Gasteiger partial charge in [0.25, 0.3) is 0 Å². The van der Waals surface area contributed by atoms with Gasteiger partial charge in [0.2, 0.25) is 10.0 Å². The average molecular weight is 197 g/mol. The number of nitriles is 1. The molecule has 5 nitrogen and oxygen atoms in total. The van der Waals surface area contributed by atoms with E-state index in [2.05, 4.69) is 9.71 Å². The third kappa shape index (κ3) is 2.72. The van der Waals surface area contributed by atoms with Gasteiger partial charge in [-0.2, -0.15) is 5.26 Å². The summed E-state index contributed by atoms with van der Waals surface area (Å²) in [6.07, 6.45) is 2.41. The Morgan fingerprint density at radius 3 is 2.85 bits per heavy atom. The first-order chi connectivity index (χ1) is 6.03. The van der Waals surface area contributed by atoms with E-state index in [1.54, 1.807) is 6.07 Å².